The van der Waals surface area contributed by atoms with Gasteiger partial charge in [-0.1, -0.05) is 51.9 Å². The van der Waals surface area contributed by atoms with Gasteiger partial charge in [0.05, 0.1) is 0 Å². The van der Waals surface area contributed by atoms with E-state index in [0.717, 1.165) is 36.8 Å². The highest BCUT2D eigenvalue weighted by atomic mass is 19.2. The van der Waals surface area contributed by atoms with Crippen molar-refractivity contribution in [3.05, 3.63) is 58.9 Å². The Hall–Kier alpha value is -2.11. The normalized spacial score (nSPS) is 25.4. The monoisotopic (exact) mass is 480 g/mol. The van der Waals surface area contributed by atoms with Crippen LogP contribution in [-0.4, -0.2) is 0 Å². The van der Waals surface area contributed by atoms with Crippen LogP contribution in [0, 0.1) is 46.8 Å². The molecule has 0 aliphatic heterocycles. The van der Waals surface area contributed by atoms with Crippen molar-refractivity contribution in [3.63, 3.8) is 0 Å². The maximum absolute atomic E-state index is 15.2. The Morgan fingerprint density at radius 1 is 0.676 bits per heavy atom. The minimum Gasteiger partial charge on any atom is -0.454 e. The summed E-state index contributed by atoms with van der Waals surface area (Å²) >= 11 is 0. The van der Waals surface area contributed by atoms with E-state index in [9.17, 15) is 17.6 Å². The predicted octanol–water partition coefficient (Wildman–Crippen LogP) is 9.44. The average Bonchev–Trinajstić information content (AvgIpc) is 2.84. The molecule has 0 unspecified atom stereocenters. The zero-order valence-corrected chi connectivity index (χ0v) is 19.7. The third-order valence-electron chi connectivity index (χ3n) is 8.06. The topological polar surface area (TPSA) is 9.23 Å². The Bertz CT molecular complexity index is 952. The van der Waals surface area contributed by atoms with E-state index in [-0.39, 0.29) is 23.0 Å². The molecular formula is C28H33F5O. The summed E-state index contributed by atoms with van der Waals surface area (Å²) < 4.78 is 75.2. The van der Waals surface area contributed by atoms with Crippen LogP contribution in [0.2, 0.25) is 0 Å². The van der Waals surface area contributed by atoms with Gasteiger partial charge in [-0.25, -0.2) is 22.0 Å². The molecule has 2 fully saturated rings. The standard InChI is InChI=1S/C28H33F5O/c1-2-17-3-5-18(6-4-17)7-8-19-9-11-20(12-10-19)26-22(29)13-14-25(28(26)33)34-21-15-23(30)27(32)24(31)16-21/h13-20H,2-12H2,1H3. The Kier molecular flexibility index (Phi) is 8.15. The SMILES string of the molecule is CCC1CCC(CCC2CCC(c3c(F)ccc(Oc4cc(F)c(F)c(F)c4)c3F)CC2)CC1. The number of hydrogen-bond acceptors (Lipinski definition) is 1. The molecule has 0 amide bonds. The predicted molar refractivity (Wildman–Crippen MR) is 122 cm³/mol. The van der Waals surface area contributed by atoms with Crippen molar-refractivity contribution in [2.24, 2.45) is 17.8 Å². The van der Waals surface area contributed by atoms with Gasteiger partial charge in [0.1, 0.15) is 11.6 Å². The lowest BCUT2D eigenvalue weighted by Gasteiger charge is -2.32. The van der Waals surface area contributed by atoms with Crippen molar-refractivity contribution in [2.45, 2.75) is 83.5 Å². The molecule has 2 aromatic carbocycles. The fourth-order valence-electron chi connectivity index (χ4n) is 5.86. The van der Waals surface area contributed by atoms with Crippen LogP contribution in [0.15, 0.2) is 24.3 Å². The first-order chi connectivity index (χ1) is 16.4. The van der Waals surface area contributed by atoms with E-state index in [4.69, 9.17) is 4.74 Å². The Morgan fingerprint density at radius 3 is 1.76 bits per heavy atom. The molecule has 0 aromatic heterocycles. The second-order valence-corrected chi connectivity index (χ2v) is 10.2. The molecular weight excluding hydrogens is 447 g/mol. The van der Waals surface area contributed by atoms with Gasteiger partial charge in [-0.05, 0) is 61.5 Å². The van der Waals surface area contributed by atoms with Crippen LogP contribution >= 0.6 is 0 Å². The molecule has 2 aliphatic rings. The van der Waals surface area contributed by atoms with Crippen LogP contribution in [0.4, 0.5) is 22.0 Å². The molecule has 0 radical (unpaired) electrons. The summed E-state index contributed by atoms with van der Waals surface area (Å²) in [5, 5.41) is 0. The van der Waals surface area contributed by atoms with Gasteiger partial charge in [0.2, 0.25) is 0 Å². The highest BCUT2D eigenvalue weighted by Crippen LogP contribution is 2.43. The minimum atomic E-state index is -1.63. The molecule has 0 heterocycles. The molecule has 0 spiro atoms. The van der Waals surface area contributed by atoms with E-state index < -0.39 is 29.1 Å². The molecule has 186 valence electrons. The zero-order valence-electron chi connectivity index (χ0n) is 19.7. The summed E-state index contributed by atoms with van der Waals surface area (Å²) in [5.74, 6) is -4.66. The summed E-state index contributed by atoms with van der Waals surface area (Å²) in [5.41, 5.74) is -0.0307. The molecule has 2 saturated carbocycles. The maximum atomic E-state index is 15.2. The molecule has 0 bridgehead atoms. The van der Waals surface area contributed by atoms with Crippen molar-refractivity contribution in [2.75, 3.05) is 0 Å². The minimum absolute atomic E-state index is 0.0307. The lowest BCUT2D eigenvalue weighted by atomic mass is 9.74. The molecule has 2 aromatic rings. The fourth-order valence-corrected chi connectivity index (χ4v) is 5.86. The molecule has 0 N–H and O–H groups in total. The second-order valence-electron chi connectivity index (χ2n) is 10.2. The highest BCUT2D eigenvalue weighted by Gasteiger charge is 2.29. The summed E-state index contributed by atoms with van der Waals surface area (Å²) in [6.45, 7) is 2.28. The van der Waals surface area contributed by atoms with E-state index in [1.165, 1.54) is 44.9 Å². The Morgan fingerprint density at radius 2 is 1.21 bits per heavy atom. The van der Waals surface area contributed by atoms with Crippen molar-refractivity contribution in [1.29, 1.82) is 0 Å². The second kappa shape index (κ2) is 11.1. The van der Waals surface area contributed by atoms with Gasteiger partial charge in [-0.15, -0.1) is 0 Å². The van der Waals surface area contributed by atoms with Gasteiger partial charge >= 0.3 is 0 Å². The van der Waals surface area contributed by atoms with E-state index in [2.05, 4.69) is 6.92 Å². The largest absolute Gasteiger partial charge is 0.454 e. The lowest BCUT2D eigenvalue weighted by Crippen LogP contribution is -2.18. The first-order valence-corrected chi connectivity index (χ1v) is 12.7. The first-order valence-electron chi connectivity index (χ1n) is 12.7. The van der Waals surface area contributed by atoms with Gasteiger partial charge in [0.15, 0.2) is 29.0 Å². The van der Waals surface area contributed by atoms with Crippen molar-refractivity contribution in [1.82, 2.24) is 0 Å². The smallest absolute Gasteiger partial charge is 0.194 e. The quantitative estimate of drug-likeness (QED) is 0.283. The number of halogens is 5. The van der Waals surface area contributed by atoms with Gasteiger partial charge in [0.25, 0.3) is 0 Å². The fraction of sp³-hybridized carbons (Fsp3) is 0.571. The first kappa shape index (κ1) is 25.0. The van der Waals surface area contributed by atoms with Crippen LogP contribution < -0.4 is 4.74 Å². The molecule has 0 atom stereocenters. The molecule has 4 rings (SSSR count). The number of ether oxygens (including phenoxy) is 1. The third-order valence-corrected chi connectivity index (χ3v) is 8.06. The van der Waals surface area contributed by atoms with Gasteiger partial charge < -0.3 is 4.74 Å². The number of rotatable bonds is 7. The van der Waals surface area contributed by atoms with Crippen molar-refractivity contribution < 1.29 is 26.7 Å². The van der Waals surface area contributed by atoms with E-state index in [1.807, 2.05) is 0 Å². The summed E-state index contributed by atoms with van der Waals surface area (Å²) in [7, 11) is 0. The van der Waals surface area contributed by atoms with E-state index >= 15 is 4.39 Å². The van der Waals surface area contributed by atoms with Crippen molar-refractivity contribution >= 4 is 0 Å². The van der Waals surface area contributed by atoms with Crippen LogP contribution in [0.5, 0.6) is 11.5 Å². The van der Waals surface area contributed by atoms with E-state index in [0.29, 0.717) is 30.9 Å². The molecule has 2 aliphatic carbocycles. The third kappa shape index (κ3) is 5.75. The number of hydrogen-bond donors (Lipinski definition) is 0. The van der Waals surface area contributed by atoms with E-state index in [1.54, 1.807) is 0 Å². The van der Waals surface area contributed by atoms with Crippen LogP contribution in [-0.2, 0) is 0 Å². The van der Waals surface area contributed by atoms with Gasteiger partial charge in [0, 0.05) is 17.7 Å². The molecule has 6 heteroatoms. The van der Waals surface area contributed by atoms with Gasteiger partial charge in [-0.3, -0.25) is 0 Å². The van der Waals surface area contributed by atoms with Crippen LogP contribution in [0.25, 0.3) is 0 Å². The Labute approximate surface area is 198 Å². The summed E-state index contributed by atoms with van der Waals surface area (Å²) in [4.78, 5) is 0. The highest BCUT2D eigenvalue weighted by molar-refractivity contribution is 5.38. The Balaban J connectivity index is 1.36. The van der Waals surface area contributed by atoms with Crippen LogP contribution in [0.1, 0.15) is 89.0 Å². The molecule has 34 heavy (non-hydrogen) atoms. The molecule has 1 nitrogen and oxygen atoms in total. The lowest BCUT2D eigenvalue weighted by molar-refractivity contribution is 0.226. The summed E-state index contributed by atoms with van der Waals surface area (Å²) in [6, 6.07) is 3.48. The van der Waals surface area contributed by atoms with Crippen LogP contribution in [0.3, 0.4) is 0 Å². The van der Waals surface area contributed by atoms with Gasteiger partial charge in [-0.2, -0.15) is 0 Å². The van der Waals surface area contributed by atoms with Crippen molar-refractivity contribution in [3.8, 4) is 11.5 Å². The average molecular weight is 481 g/mol. The molecule has 0 saturated heterocycles. The maximum Gasteiger partial charge on any atom is 0.194 e. The number of benzene rings is 2. The summed E-state index contributed by atoms with van der Waals surface area (Å²) in [6.07, 6.45) is 12.4. The zero-order chi connectivity index (χ0) is 24.2.